The molecule has 0 aromatic rings. The molecule has 20 heavy (non-hydrogen) atoms. The van der Waals surface area contributed by atoms with Gasteiger partial charge in [0, 0.05) is 6.54 Å². The molecule has 1 N–H and O–H groups in total. The first-order valence-electron chi connectivity index (χ1n) is 8.44. The molecule has 0 radical (unpaired) electrons. The van der Waals surface area contributed by atoms with E-state index < -0.39 is 0 Å². The van der Waals surface area contributed by atoms with Crippen molar-refractivity contribution in [3.8, 4) is 0 Å². The number of hydrogen-bond donors (Lipinski definition) is 1. The normalized spacial score (nSPS) is 31.3. The number of carbonyl (C=O) groups is 1. The third-order valence-electron chi connectivity index (χ3n) is 5.44. The van der Waals surface area contributed by atoms with Gasteiger partial charge in [0.1, 0.15) is 0 Å². The number of rotatable bonds is 5. The average molecular weight is 280 g/mol. The van der Waals surface area contributed by atoms with E-state index >= 15 is 0 Å². The summed E-state index contributed by atoms with van der Waals surface area (Å²) < 4.78 is 0. The van der Waals surface area contributed by atoms with Gasteiger partial charge in [-0.15, -0.1) is 0 Å². The first-order valence-corrected chi connectivity index (χ1v) is 8.44. The molecule has 3 unspecified atom stereocenters. The summed E-state index contributed by atoms with van der Waals surface area (Å²) >= 11 is 0. The molecule has 2 aliphatic rings. The van der Waals surface area contributed by atoms with Gasteiger partial charge >= 0.3 is 0 Å². The molecule has 3 nitrogen and oxygen atoms in total. The van der Waals surface area contributed by atoms with Gasteiger partial charge in [0.15, 0.2) is 0 Å². The quantitative estimate of drug-likeness (QED) is 0.837. The molecule has 3 heteroatoms. The highest BCUT2D eigenvalue weighted by Crippen LogP contribution is 2.39. The minimum atomic E-state index is 0.0254. The second kappa shape index (κ2) is 6.05. The molecule has 3 atom stereocenters. The van der Waals surface area contributed by atoms with Crippen LogP contribution in [0.3, 0.4) is 0 Å². The fourth-order valence-corrected chi connectivity index (χ4v) is 3.83. The van der Waals surface area contributed by atoms with Crippen LogP contribution >= 0.6 is 0 Å². The SMILES string of the molecule is CCC(C)C1NC(C(C)C)N(CC2(C)CCCC2)C1=O. The van der Waals surface area contributed by atoms with Gasteiger partial charge in [-0.05, 0) is 30.1 Å². The number of nitrogens with one attached hydrogen (secondary N) is 1. The molecule has 1 aliphatic carbocycles. The first-order chi connectivity index (χ1) is 9.38. The molecule has 1 saturated heterocycles. The monoisotopic (exact) mass is 280 g/mol. The maximum Gasteiger partial charge on any atom is 0.241 e. The number of amides is 1. The Bertz CT molecular complexity index is 347. The van der Waals surface area contributed by atoms with Crippen molar-refractivity contribution in [1.82, 2.24) is 10.2 Å². The Balaban J connectivity index is 2.13. The van der Waals surface area contributed by atoms with Gasteiger partial charge in [0.05, 0.1) is 12.2 Å². The van der Waals surface area contributed by atoms with Crippen LogP contribution in [0.4, 0.5) is 0 Å². The van der Waals surface area contributed by atoms with E-state index in [1.54, 1.807) is 0 Å². The van der Waals surface area contributed by atoms with Crippen molar-refractivity contribution in [3.63, 3.8) is 0 Å². The Hall–Kier alpha value is -0.570. The summed E-state index contributed by atoms with van der Waals surface area (Å²) in [4.78, 5) is 15.0. The van der Waals surface area contributed by atoms with E-state index in [9.17, 15) is 4.79 Å². The van der Waals surface area contributed by atoms with E-state index in [-0.39, 0.29) is 12.2 Å². The van der Waals surface area contributed by atoms with Gasteiger partial charge in [0.25, 0.3) is 0 Å². The molecule has 1 saturated carbocycles. The van der Waals surface area contributed by atoms with Crippen molar-refractivity contribution >= 4 is 5.91 Å². The summed E-state index contributed by atoms with van der Waals surface area (Å²) in [5.74, 6) is 1.23. The van der Waals surface area contributed by atoms with Gasteiger partial charge in [-0.2, -0.15) is 0 Å². The molecule has 116 valence electrons. The molecular weight excluding hydrogens is 248 g/mol. The third kappa shape index (κ3) is 3.03. The van der Waals surface area contributed by atoms with Crippen molar-refractivity contribution in [1.29, 1.82) is 0 Å². The topological polar surface area (TPSA) is 32.3 Å². The molecule has 1 heterocycles. The maximum absolute atomic E-state index is 12.8. The van der Waals surface area contributed by atoms with Crippen LogP contribution in [-0.2, 0) is 4.79 Å². The minimum Gasteiger partial charge on any atom is -0.325 e. The maximum atomic E-state index is 12.8. The number of hydrogen-bond acceptors (Lipinski definition) is 2. The van der Waals surface area contributed by atoms with E-state index in [1.165, 1.54) is 25.7 Å². The van der Waals surface area contributed by atoms with Crippen molar-refractivity contribution < 1.29 is 4.79 Å². The van der Waals surface area contributed by atoms with Gasteiger partial charge in [-0.1, -0.05) is 53.9 Å². The van der Waals surface area contributed by atoms with Gasteiger partial charge in [-0.3, -0.25) is 10.1 Å². The summed E-state index contributed by atoms with van der Waals surface area (Å²) in [7, 11) is 0. The first kappa shape index (κ1) is 15.8. The lowest BCUT2D eigenvalue weighted by Gasteiger charge is -2.34. The van der Waals surface area contributed by atoms with Crippen LogP contribution < -0.4 is 5.32 Å². The number of nitrogens with zero attached hydrogens (tertiary/aromatic N) is 1. The van der Waals surface area contributed by atoms with E-state index in [0.29, 0.717) is 23.2 Å². The van der Waals surface area contributed by atoms with Crippen LogP contribution in [0.2, 0.25) is 0 Å². The predicted molar refractivity (Wildman–Crippen MR) is 83.3 cm³/mol. The van der Waals surface area contributed by atoms with Crippen molar-refractivity contribution in [2.24, 2.45) is 17.3 Å². The van der Waals surface area contributed by atoms with E-state index in [0.717, 1.165) is 13.0 Å². The van der Waals surface area contributed by atoms with E-state index in [1.807, 2.05) is 0 Å². The highest BCUT2D eigenvalue weighted by atomic mass is 16.2. The van der Waals surface area contributed by atoms with Crippen LogP contribution in [0.1, 0.15) is 66.7 Å². The number of carbonyl (C=O) groups excluding carboxylic acids is 1. The summed E-state index contributed by atoms with van der Waals surface area (Å²) in [6.07, 6.45) is 6.48. The fourth-order valence-electron chi connectivity index (χ4n) is 3.83. The van der Waals surface area contributed by atoms with E-state index in [2.05, 4.69) is 44.8 Å². The highest BCUT2D eigenvalue weighted by molar-refractivity contribution is 5.84. The minimum absolute atomic E-state index is 0.0254. The van der Waals surface area contributed by atoms with Crippen molar-refractivity contribution in [2.45, 2.75) is 78.9 Å². The summed E-state index contributed by atoms with van der Waals surface area (Å²) in [5, 5.41) is 3.61. The molecule has 0 bridgehead atoms. The van der Waals surface area contributed by atoms with Crippen LogP contribution in [0, 0.1) is 17.3 Å². The fraction of sp³-hybridized carbons (Fsp3) is 0.941. The Morgan fingerprint density at radius 2 is 1.90 bits per heavy atom. The molecule has 0 aromatic carbocycles. The van der Waals surface area contributed by atoms with Crippen LogP contribution in [0.25, 0.3) is 0 Å². The molecule has 0 aromatic heterocycles. The Morgan fingerprint density at radius 3 is 2.40 bits per heavy atom. The van der Waals surface area contributed by atoms with Crippen LogP contribution in [0.5, 0.6) is 0 Å². The summed E-state index contributed by atoms with van der Waals surface area (Å²) in [6, 6.07) is 0.0254. The average Bonchev–Trinajstić information content (AvgIpc) is 2.95. The van der Waals surface area contributed by atoms with Gasteiger partial charge in [0.2, 0.25) is 5.91 Å². The molecule has 1 amide bonds. The summed E-state index contributed by atoms with van der Waals surface area (Å²) in [6.45, 7) is 12.1. The zero-order valence-electron chi connectivity index (χ0n) is 13.9. The highest BCUT2D eigenvalue weighted by Gasteiger charge is 2.45. The standard InChI is InChI=1S/C17H32N2O/c1-6-13(4)14-16(20)19(15(18-14)12(2)3)11-17(5)9-7-8-10-17/h12-15,18H,6-11H2,1-5H3. The molecule has 1 aliphatic heterocycles. The Morgan fingerprint density at radius 1 is 1.30 bits per heavy atom. The lowest BCUT2D eigenvalue weighted by Crippen LogP contribution is -2.45. The smallest absolute Gasteiger partial charge is 0.241 e. The van der Waals surface area contributed by atoms with E-state index in [4.69, 9.17) is 0 Å². The summed E-state index contributed by atoms with van der Waals surface area (Å²) in [5.41, 5.74) is 0.342. The lowest BCUT2D eigenvalue weighted by molar-refractivity contribution is -0.132. The van der Waals surface area contributed by atoms with Crippen molar-refractivity contribution in [2.75, 3.05) is 6.54 Å². The largest absolute Gasteiger partial charge is 0.325 e. The molecule has 2 fully saturated rings. The Kier molecular flexibility index (Phi) is 4.78. The molecular formula is C17H32N2O. The lowest BCUT2D eigenvalue weighted by atomic mass is 9.87. The van der Waals surface area contributed by atoms with Crippen molar-refractivity contribution in [3.05, 3.63) is 0 Å². The Labute approximate surface area is 124 Å². The van der Waals surface area contributed by atoms with Crippen LogP contribution in [-0.4, -0.2) is 29.6 Å². The zero-order valence-corrected chi connectivity index (χ0v) is 13.9. The molecule has 0 spiro atoms. The zero-order chi connectivity index (χ0) is 14.9. The van der Waals surface area contributed by atoms with Gasteiger partial charge in [-0.25, -0.2) is 0 Å². The second-order valence-electron chi connectivity index (χ2n) is 7.70. The second-order valence-corrected chi connectivity index (χ2v) is 7.70. The third-order valence-corrected chi connectivity index (χ3v) is 5.44. The van der Waals surface area contributed by atoms with Crippen LogP contribution in [0.15, 0.2) is 0 Å². The predicted octanol–water partition coefficient (Wildman–Crippen LogP) is 3.40. The van der Waals surface area contributed by atoms with Gasteiger partial charge < -0.3 is 4.90 Å². The molecule has 2 rings (SSSR count).